The maximum atomic E-state index is 13.3. The van der Waals surface area contributed by atoms with Gasteiger partial charge in [-0.15, -0.1) is 0 Å². The van der Waals surface area contributed by atoms with Crippen LogP contribution < -0.4 is 0 Å². The highest BCUT2D eigenvalue weighted by Crippen LogP contribution is 2.29. The van der Waals surface area contributed by atoms with Crippen LogP contribution in [0.2, 0.25) is 0 Å². The molecule has 1 aliphatic carbocycles. The number of nitrogens with zero attached hydrogens (tertiary/aromatic N) is 2. The van der Waals surface area contributed by atoms with Crippen LogP contribution in [-0.4, -0.2) is 27.0 Å². The number of aromatic amines is 1. The first-order chi connectivity index (χ1) is 10.2. The van der Waals surface area contributed by atoms with E-state index >= 15 is 0 Å². The summed E-state index contributed by atoms with van der Waals surface area (Å²) >= 11 is 0. The van der Waals surface area contributed by atoms with Gasteiger partial charge in [-0.1, -0.05) is 19.1 Å². The second-order valence-corrected chi connectivity index (χ2v) is 5.43. The predicted molar refractivity (Wildman–Crippen MR) is 77.3 cm³/mol. The molecule has 5 heteroatoms. The third kappa shape index (κ3) is 3.12. The molecular weight excluding hydrogens is 269 g/mol. The molecular formula is C16H18FN3O. The second kappa shape index (κ2) is 5.68. The number of hydrogen-bond acceptors (Lipinski definition) is 2. The summed E-state index contributed by atoms with van der Waals surface area (Å²) in [6.45, 7) is 2.43. The van der Waals surface area contributed by atoms with Gasteiger partial charge < -0.3 is 4.90 Å². The molecule has 1 aromatic carbocycles. The molecule has 21 heavy (non-hydrogen) atoms. The smallest absolute Gasteiger partial charge is 0.274 e. The van der Waals surface area contributed by atoms with Crippen LogP contribution in [0.15, 0.2) is 30.3 Å². The highest BCUT2D eigenvalue weighted by molar-refractivity contribution is 5.92. The minimum Gasteiger partial charge on any atom is -0.330 e. The molecule has 1 amide bonds. The SMILES string of the molecule is CCc1cc(C(=O)N(Cc2cccc(F)c2)C2CC2)n[nH]1. The topological polar surface area (TPSA) is 49.0 Å². The lowest BCUT2D eigenvalue weighted by Crippen LogP contribution is -2.32. The normalized spacial score (nSPS) is 14.2. The quantitative estimate of drug-likeness (QED) is 0.919. The molecule has 2 aromatic rings. The van der Waals surface area contributed by atoms with Crippen LogP contribution in [0.4, 0.5) is 4.39 Å². The summed E-state index contributed by atoms with van der Waals surface area (Å²) in [5.74, 6) is -0.360. The maximum Gasteiger partial charge on any atom is 0.274 e. The van der Waals surface area contributed by atoms with E-state index < -0.39 is 0 Å². The largest absolute Gasteiger partial charge is 0.330 e. The van der Waals surface area contributed by atoms with Crippen LogP contribution >= 0.6 is 0 Å². The van der Waals surface area contributed by atoms with Gasteiger partial charge in [-0.3, -0.25) is 9.89 Å². The first-order valence-electron chi connectivity index (χ1n) is 7.27. The first kappa shape index (κ1) is 13.8. The number of hydrogen-bond donors (Lipinski definition) is 1. The van der Waals surface area contributed by atoms with Crippen LogP contribution in [0, 0.1) is 5.82 Å². The van der Waals surface area contributed by atoms with Crippen LogP contribution in [0.25, 0.3) is 0 Å². The van der Waals surface area contributed by atoms with Gasteiger partial charge in [0.1, 0.15) is 11.5 Å². The molecule has 0 bridgehead atoms. The Labute approximate surface area is 123 Å². The molecule has 1 aromatic heterocycles. The minimum absolute atomic E-state index is 0.0855. The number of nitrogens with one attached hydrogen (secondary N) is 1. The van der Waals surface area contributed by atoms with E-state index in [-0.39, 0.29) is 17.8 Å². The molecule has 0 atom stereocenters. The zero-order chi connectivity index (χ0) is 14.8. The summed E-state index contributed by atoms with van der Waals surface area (Å²) in [5.41, 5.74) is 2.19. The van der Waals surface area contributed by atoms with Crippen LogP contribution in [0.3, 0.4) is 0 Å². The summed E-state index contributed by atoms with van der Waals surface area (Å²) in [6, 6.07) is 8.45. The third-order valence-corrected chi connectivity index (χ3v) is 3.72. The van der Waals surface area contributed by atoms with Gasteiger partial charge >= 0.3 is 0 Å². The molecule has 1 N–H and O–H groups in total. The molecule has 0 spiro atoms. The summed E-state index contributed by atoms with van der Waals surface area (Å²) in [4.78, 5) is 14.4. The van der Waals surface area contributed by atoms with E-state index in [1.807, 2.05) is 13.0 Å². The Kier molecular flexibility index (Phi) is 3.73. The maximum absolute atomic E-state index is 13.3. The van der Waals surface area contributed by atoms with Gasteiger partial charge in [0.25, 0.3) is 5.91 Å². The number of carbonyl (C=O) groups is 1. The van der Waals surface area contributed by atoms with Gasteiger partial charge in [0.2, 0.25) is 0 Å². The molecule has 1 aliphatic rings. The lowest BCUT2D eigenvalue weighted by molar-refractivity contribution is 0.0723. The van der Waals surface area contributed by atoms with E-state index in [9.17, 15) is 9.18 Å². The molecule has 110 valence electrons. The van der Waals surface area contributed by atoms with Gasteiger partial charge in [-0.05, 0) is 43.0 Å². The fraction of sp³-hybridized carbons (Fsp3) is 0.375. The molecule has 1 heterocycles. The number of carbonyl (C=O) groups excluding carboxylic acids is 1. The Bertz CT molecular complexity index is 648. The number of benzene rings is 1. The molecule has 1 fully saturated rings. The van der Waals surface area contributed by atoms with Crippen molar-refractivity contribution in [1.82, 2.24) is 15.1 Å². The number of H-pyrrole nitrogens is 1. The van der Waals surface area contributed by atoms with Crippen molar-refractivity contribution in [2.45, 2.75) is 38.8 Å². The Morgan fingerprint density at radius 2 is 2.24 bits per heavy atom. The average Bonchev–Trinajstić information content (AvgIpc) is 3.20. The van der Waals surface area contributed by atoms with Crippen molar-refractivity contribution in [3.05, 3.63) is 53.1 Å². The van der Waals surface area contributed by atoms with Gasteiger partial charge in [0.15, 0.2) is 0 Å². The zero-order valence-corrected chi connectivity index (χ0v) is 12.0. The fourth-order valence-corrected chi connectivity index (χ4v) is 2.38. The van der Waals surface area contributed by atoms with Crippen molar-refractivity contribution in [2.75, 3.05) is 0 Å². The van der Waals surface area contributed by atoms with Crippen molar-refractivity contribution in [3.8, 4) is 0 Å². The van der Waals surface area contributed by atoms with E-state index in [0.717, 1.165) is 30.5 Å². The number of amides is 1. The highest BCUT2D eigenvalue weighted by Gasteiger charge is 2.34. The van der Waals surface area contributed by atoms with Crippen molar-refractivity contribution in [1.29, 1.82) is 0 Å². The zero-order valence-electron chi connectivity index (χ0n) is 12.0. The second-order valence-electron chi connectivity index (χ2n) is 5.43. The number of aromatic nitrogens is 2. The molecule has 0 aliphatic heterocycles. The van der Waals surface area contributed by atoms with Crippen LogP contribution in [0.5, 0.6) is 0 Å². The third-order valence-electron chi connectivity index (χ3n) is 3.72. The Balaban J connectivity index is 1.79. The van der Waals surface area contributed by atoms with Gasteiger partial charge in [0, 0.05) is 18.3 Å². The Morgan fingerprint density at radius 3 is 2.86 bits per heavy atom. The van der Waals surface area contributed by atoms with Gasteiger partial charge in [-0.25, -0.2) is 4.39 Å². The van der Waals surface area contributed by atoms with E-state index in [1.165, 1.54) is 12.1 Å². The Morgan fingerprint density at radius 1 is 1.43 bits per heavy atom. The first-order valence-corrected chi connectivity index (χ1v) is 7.27. The number of halogens is 1. The minimum atomic E-state index is -0.274. The average molecular weight is 287 g/mol. The highest BCUT2D eigenvalue weighted by atomic mass is 19.1. The lowest BCUT2D eigenvalue weighted by Gasteiger charge is -2.21. The van der Waals surface area contributed by atoms with E-state index in [4.69, 9.17) is 0 Å². The summed E-state index contributed by atoms with van der Waals surface area (Å²) < 4.78 is 13.3. The van der Waals surface area contributed by atoms with Crippen LogP contribution in [0.1, 0.15) is 41.5 Å². The van der Waals surface area contributed by atoms with Crippen molar-refractivity contribution in [3.63, 3.8) is 0 Å². The Hall–Kier alpha value is -2.17. The van der Waals surface area contributed by atoms with Crippen molar-refractivity contribution < 1.29 is 9.18 Å². The number of aryl methyl sites for hydroxylation is 1. The van der Waals surface area contributed by atoms with Gasteiger partial charge in [-0.2, -0.15) is 5.10 Å². The van der Waals surface area contributed by atoms with Crippen molar-refractivity contribution >= 4 is 5.91 Å². The monoisotopic (exact) mass is 287 g/mol. The standard InChI is InChI=1S/C16H18FN3O/c1-2-13-9-15(19-18-13)16(21)20(14-6-7-14)10-11-4-3-5-12(17)8-11/h3-5,8-9,14H,2,6-7,10H2,1H3,(H,18,19). The molecule has 0 radical (unpaired) electrons. The molecule has 0 unspecified atom stereocenters. The lowest BCUT2D eigenvalue weighted by atomic mass is 10.2. The summed E-state index contributed by atoms with van der Waals surface area (Å²) in [5, 5.41) is 6.95. The molecule has 4 nitrogen and oxygen atoms in total. The summed E-state index contributed by atoms with van der Waals surface area (Å²) in [7, 11) is 0. The molecule has 1 saturated carbocycles. The fourth-order valence-electron chi connectivity index (χ4n) is 2.38. The number of rotatable bonds is 5. The van der Waals surface area contributed by atoms with Gasteiger partial charge in [0.05, 0.1) is 0 Å². The van der Waals surface area contributed by atoms with E-state index in [1.54, 1.807) is 17.0 Å². The van der Waals surface area contributed by atoms with Crippen LogP contribution in [-0.2, 0) is 13.0 Å². The van der Waals surface area contributed by atoms with Crippen molar-refractivity contribution in [2.24, 2.45) is 0 Å². The molecule has 3 rings (SSSR count). The molecule has 0 saturated heterocycles. The predicted octanol–water partition coefficient (Wildman–Crippen LogP) is 2.92. The van der Waals surface area contributed by atoms with E-state index in [2.05, 4.69) is 10.2 Å². The summed E-state index contributed by atoms with van der Waals surface area (Å²) in [6.07, 6.45) is 2.83. The van der Waals surface area contributed by atoms with E-state index in [0.29, 0.717) is 12.2 Å².